The number of nitrogens with zero attached hydrogens (tertiary/aromatic N) is 1. The molecule has 0 spiro atoms. The van der Waals surface area contributed by atoms with Crippen molar-refractivity contribution in [2.45, 2.75) is 13.3 Å². The molecular formula is C13H17N3O4S. The van der Waals surface area contributed by atoms with E-state index in [1.54, 1.807) is 25.1 Å². The van der Waals surface area contributed by atoms with Gasteiger partial charge in [0.05, 0.1) is 17.4 Å². The molecule has 0 bridgehead atoms. The van der Waals surface area contributed by atoms with Crippen molar-refractivity contribution in [3.63, 3.8) is 0 Å². The molecule has 8 heteroatoms. The van der Waals surface area contributed by atoms with Crippen molar-refractivity contribution in [1.29, 1.82) is 0 Å². The molecule has 1 fully saturated rings. The number of sulfone groups is 1. The third-order valence-corrected chi connectivity index (χ3v) is 5.27. The summed E-state index contributed by atoms with van der Waals surface area (Å²) in [4.78, 5) is 12.1. The molecule has 1 aromatic rings. The van der Waals surface area contributed by atoms with Gasteiger partial charge in [0.25, 0.3) is 0 Å². The number of hydrogen-bond acceptors (Lipinski definition) is 5. The Morgan fingerprint density at radius 2 is 2.19 bits per heavy atom. The second-order valence-corrected chi connectivity index (χ2v) is 7.33. The van der Waals surface area contributed by atoms with Crippen LogP contribution in [0.3, 0.4) is 0 Å². The van der Waals surface area contributed by atoms with Gasteiger partial charge in [-0.1, -0.05) is 17.3 Å². The number of carbonyl (C=O) groups is 1. The zero-order valence-corrected chi connectivity index (χ0v) is 12.4. The topological polar surface area (TPSA) is 122 Å². The fourth-order valence-corrected chi connectivity index (χ4v) is 3.95. The molecule has 1 saturated heterocycles. The van der Waals surface area contributed by atoms with Gasteiger partial charge in [-0.25, -0.2) is 8.42 Å². The number of amidine groups is 1. The minimum Gasteiger partial charge on any atom is -0.409 e. The van der Waals surface area contributed by atoms with E-state index >= 15 is 0 Å². The summed E-state index contributed by atoms with van der Waals surface area (Å²) in [5.41, 5.74) is 7.31. The summed E-state index contributed by atoms with van der Waals surface area (Å²) in [5.74, 6) is -0.974. The van der Waals surface area contributed by atoms with Crippen molar-refractivity contribution in [3.05, 3.63) is 29.3 Å². The maximum Gasteiger partial charge on any atom is 0.228 e. The molecule has 1 unspecified atom stereocenters. The SMILES string of the molecule is Cc1ccc(C(N)=NO)cc1NC(=O)C1CCS(=O)(=O)C1. The van der Waals surface area contributed by atoms with E-state index in [9.17, 15) is 13.2 Å². The first-order chi connectivity index (χ1) is 9.82. The highest BCUT2D eigenvalue weighted by Gasteiger charge is 2.33. The lowest BCUT2D eigenvalue weighted by atomic mass is 10.1. The van der Waals surface area contributed by atoms with Gasteiger partial charge in [-0.05, 0) is 25.0 Å². The van der Waals surface area contributed by atoms with E-state index in [4.69, 9.17) is 10.9 Å². The van der Waals surface area contributed by atoms with Crippen LogP contribution in [-0.4, -0.2) is 36.9 Å². The fraction of sp³-hybridized carbons (Fsp3) is 0.385. The predicted octanol–water partition coefficient (Wildman–Crippen LogP) is 0.463. The third kappa shape index (κ3) is 3.52. The van der Waals surface area contributed by atoms with E-state index in [0.717, 1.165) is 5.56 Å². The predicted molar refractivity (Wildman–Crippen MR) is 79.1 cm³/mol. The minimum absolute atomic E-state index is 0.0498. The van der Waals surface area contributed by atoms with Gasteiger partial charge in [-0.3, -0.25) is 4.79 Å². The zero-order chi connectivity index (χ0) is 15.6. The molecule has 0 radical (unpaired) electrons. The van der Waals surface area contributed by atoms with Crippen LogP contribution < -0.4 is 11.1 Å². The molecule has 1 amide bonds. The molecule has 0 aliphatic carbocycles. The van der Waals surface area contributed by atoms with Gasteiger partial charge in [0.1, 0.15) is 0 Å². The summed E-state index contributed by atoms with van der Waals surface area (Å²) in [6.45, 7) is 1.80. The Morgan fingerprint density at radius 3 is 2.76 bits per heavy atom. The van der Waals surface area contributed by atoms with Gasteiger partial charge in [-0.15, -0.1) is 0 Å². The van der Waals surface area contributed by atoms with Gasteiger partial charge in [0.15, 0.2) is 15.7 Å². The second-order valence-electron chi connectivity index (χ2n) is 5.10. The molecular weight excluding hydrogens is 294 g/mol. The first-order valence-corrected chi connectivity index (χ1v) is 8.24. The normalized spacial score (nSPS) is 21.2. The van der Waals surface area contributed by atoms with Crippen LogP contribution in [0.1, 0.15) is 17.5 Å². The quantitative estimate of drug-likeness (QED) is 0.324. The highest BCUT2D eigenvalue weighted by Crippen LogP contribution is 2.22. The Kier molecular flexibility index (Phi) is 4.17. The van der Waals surface area contributed by atoms with Crippen LogP contribution in [0.15, 0.2) is 23.4 Å². The van der Waals surface area contributed by atoms with Gasteiger partial charge >= 0.3 is 0 Å². The Balaban J connectivity index is 2.18. The van der Waals surface area contributed by atoms with Crippen molar-refractivity contribution in [3.8, 4) is 0 Å². The molecule has 114 valence electrons. The number of anilines is 1. The van der Waals surface area contributed by atoms with Crippen molar-refractivity contribution in [1.82, 2.24) is 0 Å². The molecule has 0 saturated carbocycles. The number of aryl methyl sites for hydroxylation is 1. The molecule has 1 aliphatic heterocycles. The molecule has 1 heterocycles. The molecule has 7 nitrogen and oxygen atoms in total. The van der Waals surface area contributed by atoms with Crippen molar-refractivity contribution < 1.29 is 18.4 Å². The van der Waals surface area contributed by atoms with Crippen molar-refractivity contribution in [2.24, 2.45) is 16.8 Å². The Bertz CT molecular complexity index is 697. The maximum absolute atomic E-state index is 12.1. The van der Waals surface area contributed by atoms with Gasteiger partial charge < -0.3 is 16.3 Å². The smallest absolute Gasteiger partial charge is 0.228 e. The van der Waals surface area contributed by atoms with Gasteiger partial charge in [0.2, 0.25) is 5.91 Å². The fourth-order valence-electron chi connectivity index (χ4n) is 2.21. The Morgan fingerprint density at radius 1 is 1.48 bits per heavy atom. The van der Waals surface area contributed by atoms with Crippen LogP contribution in [-0.2, 0) is 14.6 Å². The van der Waals surface area contributed by atoms with Crippen molar-refractivity contribution >= 4 is 27.3 Å². The summed E-state index contributed by atoms with van der Waals surface area (Å²) < 4.78 is 22.8. The van der Waals surface area contributed by atoms with E-state index < -0.39 is 15.8 Å². The lowest BCUT2D eigenvalue weighted by Gasteiger charge is -2.13. The molecule has 2 rings (SSSR count). The monoisotopic (exact) mass is 311 g/mol. The number of benzene rings is 1. The van der Waals surface area contributed by atoms with Crippen LogP contribution in [0.25, 0.3) is 0 Å². The zero-order valence-electron chi connectivity index (χ0n) is 11.5. The minimum atomic E-state index is -3.10. The summed E-state index contributed by atoms with van der Waals surface area (Å²) in [5, 5.41) is 14.3. The van der Waals surface area contributed by atoms with Crippen LogP contribution in [0.2, 0.25) is 0 Å². The Labute approximate surface area is 122 Å². The highest BCUT2D eigenvalue weighted by atomic mass is 32.2. The number of rotatable bonds is 3. The average molecular weight is 311 g/mol. The second kappa shape index (κ2) is 5.72. The van der Waals surface area contributed by atoms with Crippen LogP contribution in [0, 0.1) is 12.8 Å². The maximum atomic E-state index is 12.1. The summed E-state index contributed by atoms with van der Waals surface area (Å²) in [7, 11) is -3.10. The number of carbonyl (C=O) groups excluding carboxylic acids is 1. The van der Waals surface area contributed by atoms with Gasteiger partial charge in [0, 0.05) is 11.3 Å². The van der Waals surface area contributed by atoms with Crippen molar-refractivity contribution in [2.75, 3.05) is 16.8 Å². The molecule has 4 N–H and O–H groups in total. The van der Waals surface area contributed by atoms with E-state index in [1.165, 1.54) is 0 Å². The van der Waals surface area contributed by atoms with E-state index in [-0.39, 0.29) is 23.2 Å². The van der Waals surface area contributed by atoms with E-state index in [1.807, 2.05) is 0 Å². The van der Waals surface area contributed by atoms with Gasteiger partial charge in [-0.2, -0.15) is 0 Å². The molecule has 1 aliphatic rings. The van der Waals surface area contributed by atoms with Crippen LogP contribution in [0.5, 0.6) is 0 Å². The van der Waals surface area contributed by atoms with Crippen LogP contribution >= 0.6 is 0 Å². The number of oxime groups is 1. The van der Waals surface area contributed by atoms with E-state index in [2.05, 4.69) is 10.5 Å². The average Bonchev–Trinajstić information content (AvgIpc) is 2.80. The largest absolute Gasteiger partial charge is 0.409 e. The number of nitrogens with two attached hydrogens (primary N) is 1. The molecule has 0 aromatic heterocycles. The molecule has 1 atom stereocenters. The summed E-state index contributed by atoms with van der Waals surface area (Å²) >= 11 is 0. The lowest BCUT2D eigenvalue weighted by molar-refractivity contribution is -0.119. The number of hydrogen-bond donors (Lipinski definition) is 3. The van der Waals surface area contributed by atoms with E-state index in [0.29, 0.717) is 17.7 Å². The third-order valence-electron chi connectivity index (χ3n) is 3.50. The molecule has 21 heavy (non-hydrogen) atoms. The summed E-state index contributed by atoms with van der Waals surface area (Å²) in [6.07, 6.45) is 0.340. The Hall–Kier alpha value is -2.09. The molecule has 1 aromatic carbocycles. The summed E-state index contributed by atoms with van der Waals surface area (Å²) in [6, 6.07) is 4.99. The highest BCUT2D eigenvalue weighted by molar-refractivity contribution is 7.91. The number of nitrogens with one attached hydrogen (secondary N) is 1. The lowest BCUT2D eigenvalue weighted by Crippen LogP contribution is -2.24. The number of amides is 1. The first kappa shape index (κ1) is 15.3. The van der Waals surface area contributed by atoms with Crippen LogP contribution in [0.4, 0.5) is 5.69 Å². The first-order valence-electron chi connectivity index (χ1n) is 6.42. The standard InChI is InChI=1S/C13H17N3O4S/c1-8-2-3-9(12(14)16-18)6-11(8)15-13(17)10-4-5-21(19,20)7-10/h2-3,6,10,18H,4-5,7H2,1H3,(H2,14,16)(H,15,17).